The van der Waals surface area contributed by atoms with E-state index in [4.69, 9.17) is 22.1 Å². The van der Waals surface area contributed by atoms with Gasteiger partial charge < -0.3 is 10.5 Å². The Hall–Kier alpha value is -2.57. The average Bonchev–Trinajstić information content (AvgIpc) is 3.19. The molecule has 13 heteroatoms. The lowest BCUT2D eigenvalue weighted by molar-refractivity contribution is -0.137. The number of hydrogen-bond acceptors (Lipinski definition) is 7. The van der Waals surface area contributed by atoms with E-state index in [-0.39, 0.29) is 23.6 Å². The number of ether oxygens (including phenoxy) is 1. The molecule has 0 spiro atoms. The quantitative estimate of drug-likeness (QED) is 0.572. The van der Waals surface area contributed by atoms with Gasteiger partial charge in [-0.15, -0.1) is 11.3 Å². The van der Waals surface area contributed by atoms with E-state index in [2.05, 4.69) is 15.0 Å². The molecular formula is C22H23ClF3N5O2S2. The minimum absolute atomic E-state index is 0.129. The molecule has 2 aromatic heterocycles. The van der Waals surface area contributed by atoms with E-state index in [0.29, 0.717) is 27.0 Å². The van der Waals surface area contributed by atoms with Gasteiger partial charge in [0.2, 0.25) is 11.9 Å². The topological polar surface area (TPSA) is 93.2 Å². The molecule has 35 heavy (non-hydrogen) atoms. The van der Waals surface area contributed by atoms with E-state index in [1.165, 1.54) is 21.7 Å². The molecule has 2 N–H and O–H groups in total. The smallest absolute Gasteiger partial charge is 0.417 e. The number of aliphatic imine (C=N–C) groups is 2. The Morgan fingerprint density at radius 3 is 2.66 bits per heavy atom. The predicted molar refractivity (Wildman–Crippen MR) is 135 cm³/mol. The molecule has 2 aliphatic heterocycles. The van der Waals surface area contributed by atoms with Gasteiger partial charge in [0.05, 0.1) is 36.1 Å². The molecule has 7 nitrogen and oxygen atoms in total. The molecule has 0 aromatic carbocycles. The van der Waals surface area contributed by atoms with Gasteiger partial charge in [-0.3, -0.25) is 9.29 Å². The summed E-state index contributed by atoms with van der Waals surface area (Å²) in [5.41, 5.74) is 4.41. The number of nitrogens with two attached hydrogens (primary N) is 1. The second kappa shape index (κ2) is 8.82. The first-order chi connectivity index (χ1) is 16.2. The van der Waals surface area contributed by atoms with Crippen LogP contribution in [-0.4, -0.2) is 50.1 Å². The Kier molecular flexibility index (Phi) is 6.43. The van der Waals surface area contributed by atoms with E-state index < -0.39 is 27.0 Å². The van der Waals surface area contributed by atoms with Gasteiger partial charge in [0, 0.05) is 24.9 Å². The first kappa shape index (κ1) is 25.5. The SMILES string of the molecule is CCC1C=C(c2ccc(C(F)(F)F)cn2)OC(c2cc(Cl)c(C3(C)C=S(C)(=O)N(C)C(N)=N3)s2)=N1. The molecular weight excluding hydrogens is 523 g/mol. The second-order valence-corrected chi connectivity index (χ2v) is 12.3. The molecule has 188 valence electrons. The number of hydrogen-bond donors (Lipinski definition) is 1. The summed E-state index contributed by atoms with van der Waals surface area (Å²) in [6.07, 6.45) is 0.222. The van der Waals surface area contributed by atoms with Gasteiger partial charge in [-0.1, -0.05) is 18.5 Å². The Bertz CT molecular complexity index is 1370. The van der Waals surface area contributed by atoms with Gasteiger partial charge in [0.15, 0.2) is 5.76 Å². The van der Waals surface area contributed by atoms with E-state index in [0.717, 1.165) is 12.3 Å². The molecule has 2 aromatic rings. The molecule has 0 saturated heterocycles. The van der Waals surface area contributed by atoms with Crippen LogP contribution in [0.5, 0.6) is 0 Å². The molecule has 0 radical (unpaired) electrons. The fourth-order valence-corrected chi connectivity index (χ4v) is 6.84. The van der Waals surface area contributed by atoms with Crippen LogP contribution in [0.15, 0.2) is 40.5 Å². The third-order valence-electron chi connectivity index (χ3n) is 5.61. The van der Waals surface area contributed by atoms with Crippen molar-refractivity contribution < 1.29 is 22.1 Å². The van der Waals surface area contributed by atoms with Crippen molar-refractivity contribution in [2.24, 2.45) is 15.7 Å². The summed E-state index contributed by atoms with van der Waals surface area (Å²) in [4.78, 5) is 14.3. The van der Waals surface area contributed by atoms with Crippen molar-refractivity contribution in [3.05, 3.63) is 56.5 Å². The highest BCUT2D eigenvalue weighted by Crippen LogP contribution is 2.40. The van der Waals surface area contributed by atoms with Crippen molar-refractivity contribution in [1.82, 2.24) is 9.29 Å². The van der Waals surface area contributed by atoms with Crippen molar-refractivity contribution in [3.63, 3.8) is 0 Å². The minimum atomic E-state index is -4.48. The average molecular weight is 546 g/mol. The van der Waals surface area contributed by atoms with Crippen molar-refractivity contribution in [2.75, 3.05) is 13.3 Å². The van der Waals surface area contributed by atoms with Crippen LogP contribution in [0.3, 0.4) is 0 Å². The number of halogens is 4. The summed E-state index contributed by atoms with van der Waals surface area (Å²) in [5, 5.41) is 2.00. The molecule has 0 saturated carbocycles. The molecule has 2 aliphatic rings. The standard InChI is InChI=1S/C22H23ClF3N5O2S2/c1-5-13-8-16(15-7-6-12(10-28-15)22(24,25)26)33-19(29-13)17-9-14(23)18(34-17)21(2)11-35(4,32)31(3)20(27)30-21/h6-11,13H,5H2,1-4H3,(H2,27,30). The monoisotopic (exact) mass is 545 g/mol. The summed E-state index contributed by atoms with van der Waals surface area (Å²) in [5.74, 6) is 0.696. The number of aromatic nitrogens is 1. The lowest BCUT2D eigenvalue weighted by atomic mass is 10.0. The summed E-state index contributed by atoms with van der Waals surface area (Å²) >= 11 is 7.85. The molecule has 0 fully saturated rings. The van der Waals surface area contributed by atoms with Gasteiger partial charge in [-0.05, 0) is 37.6 Å². The maximum Gasteiger partial charge on any atom is 0.417 e. The maximum atomic E-state index is 13.1. The Balaban J connectivity index is 1.69. The van der Waals surface area contributed by atoms with E-state index in [1.807, 2.05) is 6.92 Å². The summed E-state index contributed by atoms with van der Waals surface area (Å²) in [7, 11) is -0.970. The fraction of sp³-hybridized carbons (Fsp3) is 0.364. The van der Waals surface area contributed by atoms with Crippen LogP contribution in [0.25, 0.3) is 5.76 Å². The molecule has 0 amide bonds. The molecule has 4 rings (SSSR count). The number of guanidine groups is 1. The zero-order valence-electron chi connectivity index (χ0n) is 19.3. The van der Waals surface area contributed by atoms with Gasteiger partial charge in [0.1, 0.15) is 11.2 Å². The lowest BCUT2D eigenvalue weighted by Crippen LogP contribution is -2.47. The van der Waals surface area contributed by atoms with Crippen molar-refractivity contribution >= 4 is 55.6 Å². The second-order valence-electron chi connectivity index (χ2n) is 8.35. The van der Waals surface area contributed by atoms with Crippen LogP contribution in [0, 0.1) is 0 Å². The number of alkyl halides is 3. The van der Waals surface area contributed by atoms with Gasteiger partial charge in [-0.2, -0.15) is 13.2 Å². The Morgan fingerprint density at radius 1 is 1.37 bits per heavy atom. The number of rotatable bonds is 4. The number of nitrogens with zero attached hydrogens (tertiary/aromatic N) is 4. The number of thiophene rings is 1. The molecule has 3 atom stereocenters. The van der Waals surface area contributed by atoms with Crippen molar-refractivity contribution in [2.45, 2.75) is 38.0 Å². The summed E-state index contributed by atoms with van der Waals surface area (Å²) in [6, 6.07) is 3.63. The summed E-state index contributed by atoms with van der Waals surface area (Å²) in [6.45, 7) is 3.70. The van der Waals surface area contributed by atoms with Crippen LogP contribution < -0.4 is 5.73 Å². The normalized spacial score (nSPS) is 26.9. The van der Waals surface area contributed by atoms with E-state index in [9.17, 15) is 17.4 Å². The zero-order valence-corrected chi connectivity index (χ0v) is 21.6. The van der Waals surface area contributed by atoms with Crippen LogP contribution in [-0.2, 0) is 26.2 Å². The van der Waals surface area contributed by atoms with Crippen molar-refractivity contribution in [1.29, 1.82) is 0 Å². The van der Waals surface area contributed by atoms with Crippen LogP contribution >= 0.6 is 22.9 Å². The lowest BCUT2D eigenvalue weighted by Gasteiger charge is -2.33. The predicted octanol–water partition coefficient (Wildman–Crippen LogP) is 4.52. The largest absolute Gasteiger partial charge is 0.436 e. The highest BCUT2D eigenvalue weighted by molar-refractivity contribution is 7.99. The highest BCUT2D eigenvalue weighted by Gasteiger charge is 2.37. The first-order valence-corrected chi connectivity index (χ1v) is 13.7. The number of pyridine rings is 1. The third kappa shape index (κ3) is 4.91. The van der Waals surface area contributed by atoms with Gasteiger partial charge in [0.25, 0.3) is 0 Å². The molecule has 0 aliphatic carbocycles. The van der Waals surface area contributed by atoms with Crippen LogP contribution in [0.4, 0.5) is 13.2 Å². The van der Waals surface area contributed by atoms with Crippen molar-refractivity contribution in [3.8, 4) is 0 Å². The van der Waals surface area contributed by atoms with Gasteiger partial charge >= 0.3 is 6.18 Å². The summed E-state index contributed by atoms with van der Waals surface area (Å²) < 4.78 is 59.2. The highest BCUT2D eigenvalue weighted by atomic mass is 35.5. The Labute approximate surface area is 210 Å². The van der Waals surface area contributed by atoms with Gasteiger partial charge in [-0.25, -0.2) is 14.2 Å². The molecule has 4 heterocycles. The maximum absolute atomic E-state index is 13.1. The molecule has 3 unspecified atom stereocenters. The Morgan fingerprint density at radius 2 is 2.09 bits per heavy atom. The molecule has 0 bridgehead atoms. The van der Waals surface area contributed by atoms with Crippen LogP contribution in [0.2, 0.25) is 5.02 Å². The third-order valence-corrected chi connectivity index (χ3v) is 9.54. The van der Waals surface area contributed by atoms with Crippen LogP contribution in [0.1, 0.15) is 41.3 Å². The van der Waals surface area contributed by atoms with E-state index >= 15 is 0 Å². The zero-order chi connectivity index (χ0) is 25.8. The van der Waals surface area contributed by atoms with E-state index in [1.54, 1.807) is 37.7 Å². The fourth-order valence-electron chi connectivity index (χ4n) is 3.64. The minimum Gasteiger partial charge on any atom is -0.436 e. The first-order valence-electron chi connectivity index (χ1n) is 10.5.